The van der Waals surface area contributed by atoms with Crippen molar-refractivity contribution in [3.8, 4) is 16.9 Å². The predicted octanol–water partition coefficient (Wildman–Crippen LogP) is 6.42. The van der Waals surface area contributed by atoms with Gasteiger partial charge >= 0.3 is 0 Å². The minimum atomic E-state index is -0.388. The number of halogens is 2. The molecule has 0 radical (unpaired) electrons. The van der Waals surface area contributed by atoms with E-state index in [1.54, 1.807) is 42.5 Å². The predicted molar refractivity (Wildman–Crippen MR) is 145 cm³/mol. The van der Waals surface area contributed by atoms with Crippen molar-refractivity contribution in [3.63, 3.8) is 0 Å². The maximum Gasteiger partial charge on any atom is 0.254 e. The third kappa shape index (κ3) is 6.03. The first-order valence-corrected chi connectivity index (χ1v) is 12.0. The van der Waals surface area contributed by atoms with Gasteiger partial charge in [-0.05, 0) is 61.0 Å². The molecule has 3 aromatic carbocycles. The second kappa shape index (κ2) is 11.2. The van der Waals surface area contributed by atoms with Crippen LogP contribution in [0, 0.1) is 6.92 Å². The average Bonchev–Trinajstić information content (AvgIpc) is 3.28. The summed E-state index contributed by atoms with van der Waals surface area (Å²) in [6, 6.07) is 21.7. The van der Waals surface area contributed by atoms with Crippen molar-refractivity contribution in [3.05, 3.63) is 113 Å². The molecule has 1 heterocycles. The summed E-state index contributed by atoms with van der Waals surface area (Å²) in [5.74, 6) is -0.347. The smallest absolute Gasteiger partial charge is 0.254 e. The van der Waals surface area contributed by atoms with Gasteiger partial charge in [0.2, 0.25) is 11.9 Å². The molecule has 0 unspecified atom stereocenters. The van der Waals surface area contributed by atoms with E-state index in [0.29, 0.717) is 27.3 Å². The quantitative estimate of drug-likeness (QED) is 0.273. The number of nitrogens with one attached hydrogen (secondary N) is 1. The molecule has 0 saturated carbocycles. The van der Waals surface area contributed by atoms with Gasteiger partial charge in [0.1, 0.15) is 6.54 Å². The van der Waals surface area contributed by atoms with E-state index in [1.807, 2.05) is 54.1 Å². The summed E-state index contributed by atoms with van der Waals surface area (Å²) < 4.78 is 1.81. The number of carbonyl (C=O) groups is 2. The number of imidazole rings is 1. The van der Waals surface area contributed by atoms with Crippen molar-refractivity contribution in [1.29, 1.82) is 0 Å². The molecule has 0 saturated heterocycles. The van der Waals surface area contributed by atoms with Crippen molar-refractivity contribution in [2.24, 2.45) is 0 Å². The SMILES string of the molecule is C=CCN(CC(=O)Nc1nc(-c2ccc(Cl)cc2)cn1-c1cccc(C)c1)C(=O)c1ccc(Cl)cc1. The fourth-order valence-corrected chi connectivity index (χ4v) is 3.94. The number of aromatic nitrogens is 2. The molecule has 1 aromatic heterocycles. The van der Waals surface area contributed by atoms with Gasteiger partial charge in [0, 0.05) is 39.6 Å². The van der Waals surface area contributed by atoms with Crippen LogP contribution in [0.15, 0.2) is 91.6 Å². The van der Waals surface area contributed by atoms with Crippen molar-refractivity contribution < 1.29 is 9.59 Å². The van der Waals surface area contributed by atoms with Crippen molar-refractivity contribution in [2.75, 3.05) is 18.4 Å². The first-order valence-electron chi connectivity index (χ1n) is 11.2. The lowest BCUT2D eigenvalue weighted by molar-refractivity contribution is -0.116. The van der Waals surface area contributed by atoms with Crippen LogP contribution >= 0.6 is 23.2 Å². The number of anilines is 1. The van der Waals surface area contributed by atoms with Gasteiger partial charge in [-0.1, -0.05) is 53.5 Å². The molecule has 6 nitrogen and oxygen atoms in total. The van der Waals surface area contributed by atoms with Crippen molar-refractivity contribution >= 4 is 41.0 Å². The van der Waals surface area contributed by atoms with Crippen molar-refractivity contribution in [2.45, 2.75) is 6.92 Å². The largest absolute Gasteiger partial charge is 0.326 e. The lowest BCUT2D eigenvalue weighted by Crippen LogP contribution is -2.38. The summed E-state index contributed by atoms with van der Waals surface area (Å²) >= 11 is 12.0. The molecule has 0 aliphatic rings. The Kier molecular flexibility index (Phi) is 7.88. The first kappa shape index (κ1) is 25.2. The standard InChI is InChI=1S/C28H24Cl2N4O2/c1-3-15-33(27(36)21-9-13-23(30)14-10-21)18-26(35)32-28-31-25(20-7-11-22(29)12-8-20)17-34(28)24-6-4-5-19(2)16-24/h3-14,16-17H,1,15,18H2,2H3,(H,31,32,35). The number of nitrogens with zero attached hydrogens (tertiary/aromatic N) is 3. The van der Waals surface area contributed by atoms with E-state index in [4.69, 9.17) is 23.2 Å². The summed E-state index contributed by atoms with van der Waals surface area (Å²) in [4.78, 5) is 32.2. The molecule has 1 N–H and O–H groups in total. The minimum absolute atomic E-state index is 0.176. The highest BCUT2D eigenvalue weighted by Crippen LogP contribution is 2.26. The molecule has 8 heteroatoms. The van der Waals surface area contributed by atoms with Crippen LogP contribution in [0.25, 0.3) is 16.9 Å². The number of rotatable bonds is 8. The number of hydrogen-bond donors (Lipinski definition) is 1. The molecular weight excluding hydrogens is 495 g/mol. The molecular formula is C28H24Cl2N4O2. The highest BCUT2D eigenvalue weighted by molar-refractivity contribution is 6.31. The summed E-state index contributed by atoms with van der Waals surface area (Å²) in [5, 5.41) is 4.02. The lowest BCUT2D eigenvalue weighted by Gasteiger charge is -2.21. The second-order valence-electron chi connectivity index (χ2n) is 8.20. The van der Waals surface area contributed by atoms with Gasteiger partial charge in [0.25, 0.3) is 5.91 Å². The maximum atomic E-state index is 13.1. The van der Waals surface area contributed by atoms with Gasteiger partial charge in [-0.15, -0.1) is 6.58 Å². The molecule has 0 bridgehead atoms. The van der Waals surface area contributed by atoms with E-state index in [2.05, 4.69) is 16.9 Å². The number of carbonyl (C=O) groups excluding carboxylic acids is 2. The zero-order chi connectivity index (χ0) is 25.7. The summed E-state index contributed by atoms with van der Waals surface area (Å²) in [7, 11) is 0. The van der Waals surface area contributed by atoms with Gasteiger partial charge < -0.3 is 4.90 Å². The third-order valence-electron chi connectivity index (χ3n) is 5.44. The van der Waals surface area contributed by atoms with E-state index < -0.39 is 0 Å². The van der Waals surface area contributed by atoms with Crippen LogP contribution in [0.5, 0.6) is 0 Å². The van der Waals surface area contributed by atoms with Crippen LogP contribution in [-0.2, 0) is 4.79 Å². The molecule has 36 heavy (non-hydrogen) atoms. The minimum Gasteiger partial charge on any atom is -0.326 e. The van der Waals surface area contributed by atoms with Crippen LogP contribution < -0.4 is 5.32 Å². The number of hydrogen-bond acceptors (Lipinski definition) is 3. The number of amides is 2. The van der Waals surface area contributed by atoms with E-state index in [9.17, 15) is 9.59 Å². The van der Waals surface area contributed by atoms with Crippen LogP contribution in [-0.4, -0.2) is 39.4 Å². The zero-order valence-electron chi connectivity index (χ0n) is 19.6. The Labute approximate surface area is 219 Å². The summed E-state index contributed by atoms with van der Waals surface area (Å²) in [6.07, 6.45) is 3.43. The Morgan fingerprint density at radius 2 is 1.69 bits per heavy atom. The van der Waals surface area contributed by atoms with E-state index in [1.165, 1.54) is 4.90 Å². The Morgan fingerprint density at radius 1 is 1.03 bits per heavy atom. The van der Waals surface area contributed by atoms with Crippen LogP contribution in [0.2, 0.25) is 10.0 Å². The fourth-order valence-electron chi connectivity index (χ4n) is 3.69. The molecule has 0 fully saturated rings. The molecule has 0 spiro atoms. The van der Waals surface area contributed by atoms with Crippen LogP contribution in [0.4, 0.5) is 5.95 Å². The summed E-state index contributed by atoms with van der Waals surface area (Å²) in [6.45, 7) is 5.74. The molecule has 0 atom stereocenters. The number of benzene rings is 3. The molecule has 182 valence electrons. The topological polar surface area (TPSA) is 67.2 Å². The van der Waals surface area contributed by atoms with E-state index >= 15 is 0 Å². The summed E-state index contributed by atoms with van der Waals surface area (Å²) in [5.41, 5.74) is 3.87. The third-order valence-corrected chi connectivity index (χ3v) is 5.94. The van der Waals surface area contributed by atoms with Crippen molar-refractivity contribution in [1.82, 2.24) is 14.5 Å². The van der Waals surface area contributed by atoms with Crippen LogP contribution in [0.1, 0.15) is 15.9 Å². The van der Waals surface area contributed by atoms with Gasteiger partial charge in [-0.3, -0.25) is 19.5 Å². The maximum absolute atomic E-state index is 13.1. The second-order valence-corrected chi connectivity index (χ2v) is 9.07. The monoisotopic (exact) mass is 518 g/mol. The lowest BCUT2D eigenvalue weighted by atomic mass is 10.2. The molecule has 4 rings (SSSR count). The Bertz CT molecular complexity index is 1400. The fraction of sp³-hybridized carbons (Fsp3) is 0.107. The molecule has 0 aliphatic carbocycles. The number of aryl methyl sites for hydroxylation is 1. The van der Waals surface area contributed by atoms with E-state index in [-0.39, 0.29) is 24.9 Å². The Hall–Kier alpha value is -3.87. The first-order chi connectivity index (χ1) is 17.3. The van der Waals surface area contributed by atoms with Gasteiger partial charge in [-0.2, -0.15) is 0 Å². The van der Waals surface area contributed by atoms with E-state index in [0.717, 1.165) is 16.8 Å². The highest BCUT2D eigenvalue weighted by Gasteiger charge is 2.20. The van der Waals surface area contributed by atoms with Gasteiger partial charge in [0.15, 0.2) is 0 Å². The molecule has 2 amide bonds. The average molecular weight is 519 g/mol. The highest BCUT2D eigenvalue weighted by atomic mass is 35.5. The van der Waals surface area contributed by atoms with Crippen LogP contribution in [0.3, 0.4) is 0 Å². The van der Waals surface area contributed by atoms with Gasteiger partial charge in [-0.25, -0.2) is 4.98 Å². The molecule has 0 aliphatic heterocycles. The Morgan fingerprint density at radius 3 is 2.33 bits per heavy atom. The molecule has 4 aromatic rings. The Balaban J connectivity index is 1.61. The normalized spacial score (nSPS) is 10.6. The van der Waals surface area contributed by atoms with Gasteiger partial charge in [0.05, 0.1) is 5.69 Å². The zero-order valence-corrected chi connectivity index (χ0v) is 21.1.